The number of carbonyl (C=O) groups excluding carboxylic acids is 1. The quantitative estimate of drug-likeness (QED) is 0.581. The van der Waals surface area contributed by atoms with Crippen LogP contribution in [0.15, 0.2) is 36.4 Å². The second-order valence-corrected chi connectivity index (χ2v) is 4.14. The summed E-state index contributed by atoms with van der Waals surface area (Å²) in [5.41, 5.74) is 4.36. The van der Waals surface area contributed by atoms with E-state index in [0.29, 0.717) is 28.3 Å². The van der Waals surface area contributed by atoms with Crippen LogP contribution in [0.5, 0.6) is 0 Å². The van der Waals surface area contributed by atoms with Crippen molar-refractivity contribution in [3.05, 3.63) is 53.2 Å². The number of anilines is 2. The van der Waals surface area contributed by atoms with Crippen LogP contribution in [-0.4, -0.2) is 10.9 Å². The Kier molecular flexibility index (Phi) is 3.93. The zero-order valence-electron chi connectivity index (χ0n) is 10.8. The van der Waals surface area contributed by atoms with Gasteiger partial charge in [-0.05, 0) is 31.2 Å². The van der Waals surface area contributed by atoms with Crippen LogP contribution in [0.1, 0.15) is 21.6 Å². The highest BCUT2D eigenvalue weighted by Crippen LogP contribution is 2.16. The summed E-state index contributed by atoms with van der Waals surface area (Å²) in [4.78, 5) is 16.3. The minimum Gasteiger partial charge on any atom is -0.321 e. The van der Waals surface area contributed by atoms with Gasteiger partial charge in [-0.2, -0.15) is 5.26 Å². The van der Waals surface area contributed by atoms with Crippen molar-refractivity contribution in [2.24, 2.45) is 5.84 Å². The highest BCUT2D eigenvalue weighted by molar-refractivity contribution is 6.05. The molecule has 0 saturated carbocycles. The van der Waals surface area contributed by atoms with Gasteiger partial charge >= 0.3 is 0 Å². The number of hydrogen-bond donors (Lipinski definition) is 3. The van der Waals surface area contributed by atoms with Gasteiger partial charge in [0.2, 0.25) is 0 Å². The predicted octanol–water partition coefficient (Wildman–Crippen LogP) is 1.80. The van der Waals surface area contributed by atoms with Gasteiger partial charge in [0.15, 0.2) is 0 Å². The molecule has 0 unspecified atom stereocenters. The van der Waals surface area contributed by atoms with Crippen molar-refractivity contribution in [1.29, 1.82) is 5.26 Å². The SMILES string of the molecule is Cc1cc(C(=O)Nc2ccccc2C#N)cc(NN)n1. The van der Waals surface area contributed by atoms with Gasteiger partial charge in [-0.1, -0.05) is 12.1 Å². The average Bonchev–Trinajstić information content (AvgIpc) is 2.47. The van der Waals surface area contributed by atoms with Crippen LogP contribution in [-0.2, 0) is 0 Å². The molecule has 0 aliphatic heterocycles. The lowest BCUT2D eigenvalue weighted by atomic mass is 10.1. The van der Waals surface area contributed by atoms with Crippen molar-refractivity contribution >= 4 is 17.4 Å². The van der Waals surface area contributed by atoms with Crippen LogP contribution in [0.25, 0.3) is 0 Å². The molecule has 100 valence electrons. The van der Waals surface area contributed by atoms with Crippen LogP contribution in [0, 0.1) is 18.3 Å². The van der Waals surface area contributed by atoms with Crippen molar-refractivity contribution in [2.45, 2.75) is 6.92 Å². The molecule has 1 heterocycles. The zero-order chi connectivity index (χ0) is 14.5. The Morgan fingerprint density at radius 2 is 2.10 bits per heavy atom. The van der Waals surface area contributed by atoms with E-state index in [1.807, 2.05) is 6.07 Å². The van der Waals surface area contributed by atoms with E-state index < -0.39 is 0 Å². The number of nitrogen functional groups attached to an aromatic ring is 1. The number of pyridine rings is 1. The van der Waals surface area contributed by atoms with Crippen molar-refractivity contribution in [3.63, 3.8) is 0 Å². The third-order valence-electron chi connectivity index (χ3n) is 2.66. The number of amides is 1. The third-order valence-corrected chi connectivity index (χ3v) is 2.66. The molecule has 6 heteroatoms. The number of nitrogens with zero attached hydrogens (tertiary/aromatic N) is 2. The number of para-hydroxylation sites is 1. The van der Waals surface area contributed by atoms with Gasteiger partial charge in [-0.3, -0.25) is 4.79 Å². The smallest absolute Gasteiger partial charge is 0.255 e. The second kappa shape index (κ2) is 5.82. The Balaban J connectivity index is 2.29. The van der Waals surface area contributed by atoms with Crippen LogP contribution in [0.2, 0.25) is 0 Å². The molecule has 1 aromatic carbocycles. The maximum Gasteiger partial charge on any atom is 0.255 e. The third kappa shape index (κ3) is 2.91. The number of hydrogen-bond acceptors (Lipinski definition) is 5. The van der Waals surface area contributed by atoms with Crippen LogP contribution in [0.4, 0.5) is 11.5 Å². The van der Waals surface area contributed by atoms with Gasteiger partial charge < -0.3 is 10.7 Å². The lowest BCUT2D eigenvalue weighted by Gasteiger charge is -2.08. The van der Waals surface area contributed by atoms with Crippen LogP contribution in [0.3, 0.4) is 0 Å². The van der Waals surface area contributed by atoms with Crippen LogP contribution >= 0.6 is 0 Å². The van der Waals surface area contributed by atoms with E-state index in [1.165, 1.54) is 6.07 Å². The fourth-order valence-corrected chi connectivity index (χ4v) is 1.76. The largest absolute Gasteiger partial charge is 0.321 e. The number of aryl methyl sites for hydroxylation is 1. The van der Waals surface area contributed by atoms with E-state index in [9.17, 15) is 4.79 Å². The molecule has 0 spiro atoms. The first-order chi connectivity index (χ1) is 9.63. The van der Waals surface area contributed by atoms with Gasteiger partial charge in [-0.15, -0.1) is 0 Å². The Bertz CT molecular complexity index is 690. The average molecular weight is 267 g/mol. The maximum absolute atomic E-state index is 12.2. The first kappa shape index (κ1) is 13.5. The molecule has 0 radical (unpaired) electrons. The lowest BCUT2D eigenvalue weighted by molar-refractivity contribution is 0.102. The number of nitrogens with two attached hydrogens (primary N) is 1. The summed E-state index contributed by atoms with van der Waals surface area (Å²) in [5.74, 6) is 5.38. The monoisotopic (exact) mass is 267 g/mol. The molecule has 0 atom stereocenters. The summed E-state index contributed by atoms with van der Waals surface area (Å²) in [5, 5.41) is 11.7. The predicted molar refractivity (Wildman–Crippen MR) is 75.9 cm³/mol. The minimum absolute atomic E-state index is 0.324. The van der Waals surface area contributed by atoms with E-state index in [4.69, 9.17) is 11.1 Å². The molecule has 0 aliphatic rings. The Morgan fingerprint density at radius 3 is 2.80 bits per heavy atom. The van der Waals surface area contributed by atoms with Gasteiger partial charge in [0.25, 0.3) is 5.91 Å². The fourth-order valence-electron chi connectivity index (χ4n) is 1.76. The molecule has 2 rings (SSSR count). The number of nitriles is 1. The molecule has 6 nitrogen and oxygen atoms in total. The van der Waals surface area contributed by atoms with E-state index in [2.05, 4.69) is 15.7 Å². The number of nitrogens with one attached hydrogen (secondary N) is 2. The Hall–Kier alpha value is -2.91. The summed E-state index contributed by atoms with van der Waals surface area (Å²) < 4.78 is 0. The second-order valence-electron chi connectivity index (χ2n) is 4.14. The molecule has 0 fully saturated rings. The Morgan fingerprint density at radius 1 is 1.35 bits per heavy atom. The molecule has 1 aromatic heterocycles. The molecular formula is C14H13N5O. The van der Waals surface area contributed by atoms with Gasteiger partial charge in [-0.25, -0.2) is 10.8 Å². The van der Waals surface area contributed by atoms with E-state index >= 15 is 0 Å². The maximum atomic E-state index is 12.2. The summed E-state index contributed by atoms with van der Waals surface area (Å²) >= 11 is 0. The first-order valence-electron chi connectivity index (χ1n) is 5.90. The number of carbonyl (C=O) groups is 1. The summed E-state index contributed by atoms with van der Waals surface area (Å²) in [6.07, 6.45) is 0. The number of hydrazine groups is 1. The Labute approximate surface area is 116 Å². The molecular weight excluding hydrogens is 254 g/mol. The molecule has 4 N–H and O–H groups in total. The van der Waals surface area contributed by atoms with Crippen molar-refractivity contribution in [2.75, 3.05) is 10.7 Å². The van der Waals surface area contributed by atoms with E-state index in [-0.39, 0.29) is 5.91 Å². The highest BCUT2D eigenvalue weighted by atomic mass is 16.1. The molecule has 0 aliphatic carbocycles. The van der Waals surface area contributed by atoms with E-state index in [1.54, 1.807) is 37.3 Å². The highest BCUT2D eigenvalue weighted by Gasteiger charge is 2.10. The minimum atomic E-state index is -0.324. The molecule has 2 aromatic rings. The number of benzene rings is 1. The lowest BCUT2D eigenvalue weighted by Crippen LogP contribution is -2.15. The number of rotatable bonds is 3. The summed E-state index contributed by atoms with van der Waals surface area (Å²) in [7, 11) is 0. The summed E-state index contributed by atoms with van der Waals surface area (Å²) in [6, 6.07) is 12.0. The standard InChI is InChI=1S/C14H13N5O/c1-9-6-11(7-13(17-9)19-16)14(20)18-12-5-3-2-4-10(12)8-15/h2-7H,16H2,1H3,(H,17,19)(H,18,20). The van der Waals surface area contributed by atoms with Crippen molar-refractivity contribution < 1.29 is 4.79 Å². The van der Waals surface area contributed by atoms with Gasteiger partial charge in [0, 0.05) is 11.3 Å². The summed E-state index contributed by atoms with van der Waals surface area (Å²) in [6.45, 7) is 1.76. The van der Waals surface area contributed by atoms with Crippen molar-refractivity contribution in [1.82, 2.24) is 4.98 Å². The van der Waals surface area contributed by atoms with Crippen molar-refractivity contribution in [3.8, 4) is 6.07 Å². The van der Waals surface area contributed by atoms with E-state index in [0.717, 1.165) is 0 Å². The number of aromatic nitrogens is 1. The molecule has 0 bridgehead atoms. The van der Waals surface area contributed by atoms with Gasteiger partial charge in [0.1, 0.15) is 11.9 Å². The normalized spacial score (nSPS) is 9.65. The topological polar surface area (TPSA) is 104 Å². The molecule has 1 amide bonds. The van der Waals surface area contributed by atoms with Gasteiger partial charge in [0.05, 0.1) is 11.3 Å². The molecule has 20 heavy (non-hydrogen) atoms. The van der Waals surface area contributed by atoms with Crippen LogP contribution < -0.4 is 16.6 Å². The first-order valence-corrected chi connectivity index (χ1v) is 5.90. The fraction of sp³-hybridized carbons (Fsp3) is 0.0714. The molecule has 0 saturated heterocycles. The zero-order valence-corrected chi connectivity index (χ0v) is 10.8.